The second-order valence-electron chi connectivity index (χ2n) is 6.83. The van der Waals surface area contributed by atoms with Crippen LogP contribution in [0.1, 0.15) is 16.8 Å². The summed E-state index contributed by atoms with van der Waals surface area (Å²) in [6, 6.07) is 20.1. The summed E-state index contributed by atoms with van der Waals surface area (Å²) in [5.41, 5.74) is 17.8. The van der Waals surface area contributed by atoms with Gasteiger partial charge >= 0.3 is 0 Å². The highest BCUT2D eigenvalue weighted by atomic mass is 32.1. The van der Waals surface area contributed by atoms with E-state index in [1.165, 1.54) is 5.56 Å². The van der Waals surface area contributed by atoms with Crippen LogP contribution in [0.15, 0.2) is 71.4 Å². The first-order valence-electron chi connectivity index (χ1n) is 9.58. The molecule has 4 rings (SSSR count). The Morgan fingerprint density at radius 1 is 0.867 bits per heavy atom. The van der Waals surface area contributed by atoms with Gasteiger partial charge in [-0.05, 0) is 45.6 Å². The smallest absolute Gasteiger partial charge is 0.222 e. The molecule has 0 aliphatic heterocycles. The van der Waals surface area contributed by atoms with Gasteiger partial charge in [0.15, 0.2) is 0 Å². The summed E-state index contributed by atoms with van der Waals surface area (Å²) in [6.45, 7) is 1.56. The predicted molar refractivity (Wildman–Crippen MR) is 123 cm³/mol. The van der Waals surface area contributed by atoms with Gasteiger partial charge in [-0.15, -0.1) is 0 Å². The largest absolute Gasteiger partial charge is 0.383 e. The molecule has 2 aromatic carbocycles. The lowest BCUT2D eigenvalue weighted by Gasteiger charge is -2.13. The van der Waals surface area contributed by atoms with Gasteiger partial charge in [0.2, 0.25) is 5.95 Å². The highest BCUT2D eigenvalue weighted by molar-refractivity contribution is 7.07. The minimum absolute atomic E-state index is 0.142. The number of nitrogens with zero attached hydrogens (tertiary/aromatic N) is 2. The van der Waals surface area contributed by atoms with E-state index in [0.717, 1.165) is 28.9 Å². The molecule has 7 heteroatoms. The van der Waals surface area contributed by atoms with E-state index in [2.05, 4.69) is 32.1 Å². The maximum absolute atomic E-state index is 6.20. The lowest BCUT2D eigenvalue weighted by atomic mass is 10.0. The zero-order chi connectivity index (χ0) is 20.8. The van der Waals surface area contributed by atoms with Crippen molar-refractivity contribution in [2.24, 2.45) is 0 Å². The van der Waals surface area contributed by atoms with Crippen molar-refractivity contribution in [1.82, 2.24) is 9.97 Å². The van der Waals surface area contributed by atoms with E-state index in [0.29, 0.717) is 24.7 Å². The molecule has 0 aliphatic carbocycles. The highest BCUT2D eigenvalue weighted by Gasteiger charge is 2.14. The molecule has 0 saturated heterocycles. The first-order valence-corrected chi connectivity index (χ1v) is 10.5. The van der Waals surface area contributed by atoms with E-state index in [4.69, 9.17) is 16.2 Å². The molecule has 2 heterocycles. The van der Waals surface area contributed by atoms with E-state index in [1.807, 2.05) is 54.6 Å². The van der Waals surface area contributed by atoms with E-state index < -0.39 is 0 Å². The lowest BCUT2D eigenvalue weighted by Crippen LogP contribution is -2.08. The van der Waals surface area contributed by atoms with Gasteiger partial charge < -0.3 is 21.5 Å². The number of nitrogen functional groups attached to an aromatic ring is 2. The average Bonchev–Trinajstić information content (AvgIpc) is 3.27. The van der Waals surface area contributed by atoms with Crippen molar-refractivity contribution >= 4 is 28.8 Å². The summed E-state index contributed by atoms with van der Waals surface area (Å²) in [7, 11) is 0. The van der Waals surface area contributed by atoms with Crippen molar-refractivity contribution in [3.8, 4) is 11.1 Å². The highest BCUT2D eigenvalue weighted by Crippen LogP contribution is 2.30. The van der Waals surface area contributed by atoms with Crippen LogP contribution in [0.2, 0.25) is 0 Å². The number of rotatable bonds is 8. The van der Waals surface area contributed by atoms with Crippen LogP contribution in [0.4, 0.5) is 17.5 Å². The Hall–Kier alpha value is -3.42. The Morgan fingerprint density at radius 3 is 2.40 bits per heavy atom. The SMILES string of the molecule is Nc1nc(N)c(-c2ccc(NCc3ccsc3)cc2)c(COCc2ccccc2)n1. The standard InChI is InChI=1S/C23H23N5OS/c24-22-21(18-6-8-19(9-7-18)26-12-17-10-11-30-15-17)20(27-23(25)28-22)14-29-13-16-4-2-1-3-5-16/h1-11,15,26H,12-14H2,(H4,24,25,27,28). The summed E-state index contributed by atoms with van der Waals surface area (Å²) < 4.78 is 5.87. The number of hydrogen-bond donors (Lipinski definition) is 3. The van der Waals surface area contributed by atoms with Gasteiger partial charge in [-0.2, -0.15) is 16.3 Å². The molecule has 5 N–H and O–H groups in total. The lowest BCUT2D eigenvalue weighted by molar-refractivity contribution is 0.105. The molecule has 2 aromatic heterocycles. The molecule has 0 radical (unpaired) electrons. The predicted octanol–water partition coefficient (Wildman–Crippen LogP) is 4.70. The second kappa shape index (κ2) is 9.39. The zero-order valence-electron chi connectivity index (χ0n) is 16.4. The molecule has 0 atom stereocenters. The molecule has 0 amide bonds. The first-order chi connectivity index (χ1) is 14.7. The van der Waals surface area contributed by atoms with Crippen molar-refractivity contribution < 1.29 is 4.74 Å². The van der Waals surface area contributed by atoms with Crippen LogP contribution in [0.3, 0.4) is 0 Å². The molecule has 0 aliphatic rings. The minimum Gasteiger partial charge on any atom is -0.383 e. The van der Waals surface area contributed by atoms with E-state index in [9.17, 15) is 0 Å². The van der Waals surface area contributed by atoms with Crippen LogP contribution >= 0.6 is 11.3 Å². The van der Waals surface area contributed by atoms with Crippen LogP contribution < -0.4 is 16.8 Å². The Morgan fingerprint density at radius 2 is 1.67 bits per heavy atom. The van der Waals surface area contributed by atoms with Crippen molar-refractivity contribution in [1.29, 1.82) is 0 Å². The monoisotopic (exact) mass is 417 g/mol. The molecule has 0 saturated carbocycles. The van der Waals surface area contributed by atoms with Crippen LogP contribution in [0.25, 0.3) is 11.1 Å². The number of hydrogen-bond acceptors (Lipinski definition) is 7. The van der Waals surface area contributed by atoms with E-state index >= 15 is 0 Å². The maximum Gasteiger partial charge on any atom is 0.222 e. The molecule has 0 bridgehead atoms. The van der Waals surface area contributed by atoms with Crippen LogP contribution in [0.5, 0.6) is 0 Å². The molecular formula is C23H23N5OS. The summed E-state index contributed by atoms with van der Waals surface area (Å²) in [4.78, 5) is 8.53. The quantitative estimate of drug-likeness (QED) is 0.384. The van der Waals surface area contributed by atoms with Crippen molar-refractivity contribution in [3.05, 3.63) is 88.2 Å². The molecule has 0 unspecified atom stereocenters. The summed E-state index contributed by atoms with van der Waals surface area (Å²) in [5, 5.41) is 7.63. The fourth-order valence-electron chi connectivity index (χ4n) is 3.16. The number of benzene rings is 2. The fourth-order valence-corrected chi connectivity index (χ4v) is 3.83. The van der Waals surface area contributed by atoms with Gasteiger partial charge in [-0.3, -0.25) is 0 Å². The Balaban J connectivity index is 1.49. The van der Waals surface area contributed by atoms with Crippen LogP contribution in [0, 0.1) is 0 Å². The van der Waals surface area contributed by atoms with Gasteiger partial charge in [0.05, 0.1) is 18.9 Å². The zero-order valence-corrected chi connectivity index (χ0v) is 17.2. The summed E-state index contributed by atoms with van der Waals surface area (Å²) in [6.07, 6.45) is 0. The number of aromatic nitrogens is 2. The van der Waals surface area contributed by atoms with Crippen molar-refractivity contribution in [3.63, 3.8) is 0 Å². The van der Waals surface area contributed by atoms with Gasteiger partial charge in [0, 0.05) is 17.8 Å². The third kappa shape index (κ3) is 4.94. The molecule has 0 fully saturated rings. The first kappa shape index (κ1) is 19.9. The maximum atomic E-state index is 6.20. The van der Waals surface area contributed by atoms with Crippen molar-refractivity contribution in [2.75, 3.05) is 16.8 Å². The average molecular weight is 418 g/mol. The van der Waals surface area contributed by atoms with Gasteiger partial charge in [-0.25, -0.2) is 4.98 Å². The summed E-state index contributed by atoms with van der Waals surface area (Å²) >= 11 is 1.69. The Bertz CT molecular complexity index is 1080. The Labute approximate surface area is 179 Å². The molecule has 0 spiro atoms. The Kier molecular flexibility index (Phi) is 6.22. The number of thiophene rings is 1. The van der Waals surface area contributed by atoms with E-state index in [-0.39, 0.29) is 5.95 Å². The van der Waals surface area contributed by atoms with Gasteiger partial charge in [-0.1, -0.05) is 42.5 Å². The topological polar surface area (TPSA) is 99.1 Å². The molecule has 6 nitrogen and oxygen atoms in total. The number of anilines is 3. The van der Waals surface area contributed by atoms with Crippen molar-refractivity contribution in [2.45, 2.75) is 19.8 Å². The van der Waals surface area contributed by atoms with E-state index in [1.54, 1.807) is 11.3 Å². The second-order valence-corrected chi connectivity index (χ2v) is 7.61. The molecule has 152 valence electrons. The number of nitrogens with two attached hydrogens (primary N) is 2. The number of nitrogens with one attached hydrogen (secondary N) is 1. The van der Waals surface area contributed by atoms with Gasteiger partial charge in [0.25, 0.3) is 0 Å². The normalized spacial score (nSPS) is 10.8. The van der Waals surface area contributed by atoms with Crippen LogP contribution in [-0.4, -0.2) is 9.97 Å². The van der Waals surface area contributed by atoms with Gasteiger partial charge in [0.1, 0.15) is 5.82 Å². The third-order valence-electron chi connectivity index (χ3n) is 4.63. The molecular weight excluding hydrogens is 394 g/mol. The number of ether oxygens (including phenoxy) is 1. The minimum atomic E-state index is 0.142. The molecule has 4 aromatic rings. The summed E-state index contributed by atoms with van der Waals surface area (Å²) in [5.74, 6) is 0.489. The van der Waals surface area contributed by atoms with Crippen LogP contribution in [-0.2, 0) is 24.5 Å². The third-order valence-corrected chi connectivity index (χ3v) is 5.36. The fraction of sp³-hybridized carbons (Fsp3) is 0.130. The molecule has 30 heavy (non-hydrogen) atoms.